The summed E-state index contributed by atoms with van der Waals surface area (Å²) in [6.07, 6.45) is 5.76. The first-order valence-electron chi connectivity index (χ1n) is 5.64. The minimum Gasteiger partial charge on any atom is -0.347 e. The molecule has 0 aromatic carbocycles. The van der Waals surface area contributed by atoms with Crippen LogP contribution < -0.4 is 5.32 Å². The standard InChI is InChI=1S/C11H13N5O/c17-11(14-6-10-12-3-4-13-10)9-5-8(15-16-9)7-1-2-7/h3-5,7H,1-2,6H2,(H,12,13)(H,14,17)(H,15,16). The fraction of sp³-hybridized carbons (Fsp3) is 0.364. The minimum atomic E-state index is -0.176. The van der Waals surface area contributed by atoms with Crippen LogP contribution in [0.25, 0.3) is 0 Å². The number of H-pyrrole nitrogens is 2. The minimum absolute atomic E-state index is 0.176. The first kappa shape index (κ1) is 10.1. The molecule has 0 aliphatic heterocycles. The molecule has 0 spiro atoms. The van der Waals surface area contributed by atoms with Gasteiger partial charge in [0.15, 0.2) is 0 Å². The molecule has 1 aliphatic carbocycles. The maximum absolute atomic E-state index is 11.8. The van der Waals surface area contributed by atoms with E-state index in [9.17, 15) is 4.79 Å². The lowest BCUT2D eigenvalue weighted by Gasteiger charge is -1.99. The molecule has 0 atom stereocenters. The summed E-state index contributed by atoms with van der Waals surface area (Å²) in [4.78, 5) is 18.7. The quantitative estimate of drug-likeness (QED) is 0.731. The number of nitrogens with one attached hydrogen (secondary N) is 3. The zero-order valence-corrected chi connectivity index (χ0v) is 9.23. The molecule has 17 heavy (non-hydrogen) atoms. The Labute approximate surface area is 97.8 Å². The van der Waals surface area contributed by atoms with Gasteiger partial charge in [0.2, 0.25) is 0 Å². The van der Waals surface area contributed by atoms with Gasteiger partial charge in [-0.3, -0.25) is 9.89 Å². The zero-order chi connectivity index (χ0) is 11.7. The van der Waals surface area contributed by atoms with Crippen LogP contribution in [0.4, 0.5) is 0 Å². The van der Waals surface area contributed by atoms with Gasteiger partial charge in [-0.1, -0.05) is 0 Å². The molecule has 6 nitrogen and oxygen atoms in total. The summed E-state index contributed by atoms with van der Waals surface area (Å²) in [5, 5.41) is 9.68. The summed E-state index contributed by atoms with van der Waals surface area (Å²) in [5.74, 6) is 1.13. The normalized spacial score (nSPS) is 14.8. The van der Waals surface area contributed by atoms with Crippen molar-refractivity contribution in [1.82, 2.24) is 25.5 Å². The predicted molar refractivity (Wildman–Crippen MR) is 60.3 cm³/mol. The number of aromatic amines is 2. The number of hydrogen-bond acceptors (Lipinski definition) is 3. The number of imidazole rings is 1. The van der Waals surface area contributed by atoms with Crippen molar-refractivity contribution in [3.63, 3.8) is 0 Å². The van der Waals surface area contributed by atoms with E-state index in [2.05, 4.69) is 25.5 Å². The maximum atomic E-state index is 11.8. The van der Waals surface area contributed by atoms with Gasteiger partial charge in [-0.05, 0) is 18.9 Å². The molecular formula is C11H13N5O. The molecule has 1 amide bonds. The molecule has 0 bridgehead atoms. The van der Waals surface area contributed by atoms with E-state index in [1.165, 1.54) is 12.8 Å². The summed E-state index contributed by atoms with van der Waals surface area (Å²) in [6.45, 7) is 0.386. The Hall–Kier alpha value is -2.11. The highest BCUT2D eigenvalue weighted by atomic mass is 16.1. The molecule has 0 unspecified atom stereocenters. The second-order valence-corrected chi connectivity index (χ2v) is 4.20. The number of rotatable bonds is 4. The summed E-state index contributed by atoms with van der Waals surface area (Å²) in [7, 11) is 0. The molecule has 1 aliphatic rings. The SMILES string of the molecule is O=C(NCc1ncc[nH]1)c1cc(C2CC2)[nH]n1. The third-order valence-corrected chi connectivity index (χ3v) is 2.82. The molecule has 2 aromatic heterocycles. The Bertz CT molecular complexity index is 512. The average Bonchev–Trinajstić information content (AvgIpc) is 2.88. The van der Waals surface area contributed by atoms with Crippen LogP contribution in [-0.4, -0.2) is 26.1 Å². The van der Waals surface area contributed by atoms with Crippen molar-refractivity contribution >= 4 is 5.91 Å². The number of carbonyl (C=O) groups is 1. The van der Waals surface area contributed by atoms with Gasteiger partial charge in [-0.15, -0.1) is 0 Å². The van der Waals surface area contributed by atoms with Crippen molar-refractivity contribution in [1.29, 1.82) is 0 Å². The van der Waals surface area contributed by atoms with E-state index in [1.807, 2.05) is 6.07 Å². The van der Waals surface area contributed by atoms with E-state index in [1.54, 1.807) is 12.4 Å². The first-order chi connectivity index (χ1) is 8.33. The van der Waals surface area contributed by atoms with Crippen molar-refractivity contribution in [2.24, 2.45) is 0 Å². The Kier molecular flexibility index (Phi) is 2.40. The average molecular weight is 231 g/mol. The third kappa shape index (κ3) is 2.20. The Balaban J connectivity index is 1.60. The van der Waals surface area contributed by atoms with E-state index < -0.39 is 0 Å². The molecule has 0 radical (unpaired) electrons. The van der Waals surface area contributed by atoms with Crippen molar-refractivity contribution < 1.29 is 4.79 Å². The molecular weight excluding hydrogens is 218 g/mol. The monoisotopic (exact) mass is 231 g/mol. The van der Waals surface area contributed by atoms with E-state index in [-0.39, 0.29) is 5.91 Å². The third-order valence-electron chi connectivity index (χ3n) is 2.82. The van der Waals surface area contributed by atoms with Crippen LogP contribution in [-0.2, 0) is 6.54 Å². The molecule has 1 fully saturated rings. The molecule has 2 aromatic rings. The van der Waals surface area contributed by atoms with E-state index in [0.29, 0.717) is 18.2 Å². The van der Waals surface area contributed by atoms with Crippen molar-refractivity contribution in [2.45, 2.75) is 25.3 Å². The topological polar surface area (TPSA) is 86.5 Å². The zero-order valence-electron chi connectivity index (χ0n) is 9.23. The lowest BCUT2D eigenvalue weighted by atomic mass is 10.2. The number of aromatic nitrogens is 4. The van der Waals surface area contributed by atoms with Crippen LogP contribution in [0.3, 0.4) is 0 Å². The summed E-state index contributed by atoms with van der Waals surface area (Å²) in [5.41, 5.74) is 1.51. The van der Waals surface area contributed by atoms with Gasteiger partial charge >= 0.3 is 0 Å². The second kappa shape index (κ2) is 4.04. The van der Waals surface area contributed by atoms with E-state index >= 15 is 0 Å². The molecule has 2 heterocycles. The van der Waals surface area contributed by atoms with Crippen molar-refractivity contribution in [3.05, 3.63) is 35.7 Å². The molecule has 0 saturated heterocycles. The highest BCUT2D eigenvalue weighted by molar-refractivity contribution is 5.92. The Morgan fingerprint density at radius 1 is 1.53 bits per heavy atom. The lowest BCUT2D eigenvalue weighted by Crippen LogP contribution is -2.23. The summed E-state index contributed by atoms with van der Waals surface area (Å²) < 4.78 is 0. The van der Waals surface area contributed by atoms with Gasteiger partial charge in [-0.2, -0.15) is 5.10 Å². The Morgan fingerprint density at radius 2 is 2.41 bits per heavy atom. The molecule has 3 rings (SSSR count). The Morgan fingerprint density at radius 3 is 3.12 bits per heavy atom. The van der Waals surface area contributed by atoms with Gasteiger partial charge in [0.1, 0.15) is 11.5 Å². The molecule has 6 heteroatoms. The van der Waals surface area contributed by atoms with Gasteiger partial charge in [-0.25, -0.2) is 4.98 Å². The largest absolute Gasteiger partial charge is 0.347 e. The molecule has 1 saturated carbocycles. The van der Waals surface area contributed by atoms with Crippen LogP contribution in [0.5, 0.6) is 0 Å². The van der Waals surface area contributed by atoms with Crippen molar-refractivity contribution in [2.75, 3.05) is 0 Å². The molecule has 3 N–H and O–H groups in total. The van der Waals surface area contributed by atoms with Crippen LogP contribution in [0.1, 0.15) is 40.8 Å². The smallest absolute Gasteiger partial charge is 0.272 e. The highest BCUT2D eigenvalue weighted by Crippen LogP contribution is 2.38. The molecule has 88 valence electrons. The van der Waals surface area contributed by atoms with Crippen LogP contribution in [0.2, 0.25) is 0 Å². The fourth-order valence-electron chi connectivity index (χ4n) is 1.71. The lowest BCUT2D eigenvalue weighted by molar-refractivity contribution is 0.0945. The first-order valence-corrected chi connectivity index (χ1v) is 5.64. The maximum Gasteiger partial charge on any atom is 0.272 e. The summed E-state index contributed by atoms with van der Waals surface area (Å²) in [6, 6.07) is 1.83. The van der Waals surface area contributed by atoms with Crippen LogP contribution in [0, 0.1) is 0 Å². The second-order valence-electron chi connectivity index (χ2n) is 4.20. The van der Waals surface area contributed by atoms with Gasteiger partial charge < -0.3 is 10.3 Å². The number of carbonyl (C=O) groups excluding carboxylic acids is 1. The highest BCUT2D eigenvalue weighted by Gasteiger charge is 2.26. The van der Waals surface area contributed by atoms with Crippen molar-refractivity contribution in [3.8, 4) is 0 Å². The number of nitrogens with zero attached hydrogens (tertiary/aromatic N) is 2. The number of hydrogen-bond donors (Lipinski definition) is 3. The van der Waals surface area contributed by atoms with E-state index in [4.69, 9.17) is 0 Å². The van der Waals surface area contributed by atoms with Crippen LogP contribution >= 0.6 is 0 Å². The van der Waals surface area contributed by atoms with Gasteiger partial charge in [0, 0.05) is 24.0 Å². The van der Waals surface area contributed by atoms with Crippen LogP contribution in [0.15, 0.2) is 18.5 Å². The van der Waals surface area contributed by atoms with E-state index in [0.717, 1.165) is 11.5 Å². The summed E-state index contributed by atoms with van der Waals surface area (Å²) >= 11 is 0. The van der Waals surface area contributed by atoms with Gasteiger partial charge in [0.25, 0.3) is 5.91 Å². The fourth-order valence-corrected chi connectivity index (χ4v) is 1.71. The predicted octanol–water partition coefficient (Wildman–Crippen LogP) is 0.940. The van der Waals surface area contributed by atoms with Gasteiger partial charge in [0.05, 0.1) is 6.54 Å². The number of amides is 1.